The Balaban J connectivity index is 1.09. The molecule has 0 spiro atoms. The first-order chi connectivity index (χ1) is 16.9. The van der Waals surface area contributed by atoms with E-state index in [9.17, 15) is 14.3 Å². The van der Waals surface area contributed by atoms with Crippen LogP contribution < -0.4 is 20.3 Å². The summed E-state index contributed by atoms with van der Waals surface area (Å²) in [7, 11) is 0. The third-order valence-corrected chi connectivity index (χ3v) is 8.33. The van der Waals surface area contributed by atoms with Gasteiger partial charge in [-0.05, 0) is 49.4 Å². The summed E-state index contributed by atoms with van der Waals surface area (Å²) in [6.07, 6.45) is 4.68. The zero-order chi connectivity index (χ0) is 23.8. The highest BCUT2D eigenvalue weighted by molar-refractivity contribution is 5.81. The number of hydrogen-bond donors (Lipinski definition) is 2. The van der Waals surface area contributed by atoms with E-state index in [1.165, 1.54) is 10.6 Å². The molecular formula is C26H26FN3O5. The van der Waals surface area contributed by atoms with Gasteiger partial charge in [0.2, 0.25) is 6.79 Å². The van der Waals surface area contributed by atoms with Gasteiger partial charge in [-0.25, -0.2) is 4.39 Å². The number of fused-ring (bicyclic) bond motifs is 4. The largest absolute Gasteiger partial charge is 0.454 e. The molecule has 4 aliphatic heterocycles. The summed E-state index contributed by atoms with van der Waals surface area (Å²) in [6.45, 7) is 1.48. The molecule has 8 rings (SSSR count). The molecule has 1 aromatic carbocycles. The summed E-state index contributed by atoms with van der Waals surface area (Å²) in [5.41, 5.74) is -0.281. The van der Waals surface area contributed by atoms with Crippen LogP contribution in [0.5, 0.6) is 11.5 Å². The van der Waals surface area contributed by atoms with Crippen molar-refractivity contribution in [3.05, 3.63) is 63.8 Å². The first kappa shape index (κ1) is 21.3. The molecule has 2 aromatic heterocycles. The van der Waals surface area contributed by atoms with Crippen LogP contribution in [0.4, 0.5) is 4.39 Å². The normalized spacial score (nSPS) is 30.3. The predicted octanol–water partition coefficient (Wildman–Crippen LogP) is 2.73. The van der Waals surface area contributed by atoms with Gasteiger partial charge in [0.25, 0.3) is 5.56 Å². The molecule has 2 bridgehead atoms. The third-order valence-electron chi connectivity index (χ3n) is 8.33. The fourth-order valence-corrected chi connectivity index (χ4v) is 6.42. The summed E-state index contributed by atoms with van der Waals surface area (Å²) < 4.78 is 33.7. The van der Waals surface area contributed by atoms with Crippen molar-refractivity contribution < 1.29 is 23.7 Å². The minimum Gasteiger partial charge on any atom is -0.454 e. The maximum absolute atomic E-state index is 15.0. The Morgan fingerprint density at radius 3 is 2.74 bits per heavy atom. The number of benzene rings is 1. The Labute approximate surface area is 200 Å². The Morgan fingerprint density at radius 1 is 1.11 bits per heavy atom. The van der Waals surface area contributed by atoms with Crippen molar-refractivity contribution in [2.75, 3.05) is 13.4 Å². The van der Waals surface area contributed by atoms with Crippen LogP contribution in [0.3, 0.4) is 0 Å². The smallest absolute Gasteiger partial charge is 0.251 e. The molecule has 3 fully saturated rings. The molecular weight excluding hydrogens is 453 g/mol. The highest BCUT2D eigenvalue weighted by Crippen LogP contribution is 2.51. The first-order valence-electron chi connectivity index (χ1n) is 12.1. The van der Waals surface area contributed by atoms with Gasteiger partial charge in [-0.15, -0.1) is 0 Å². The van der Waals surface area contributed by atoms with E-state index in [0.717, 1.165) is 48.9 Å². The number of halogens is 1. The quantitative estimate of drug-likeness (QED) is 0.581. The Morgan fingerprint density at radius 2 is 1.94 bits per heavy atom. The van der Waals surface area contributed by atoms with Crippen LogP contribution in [0.2, 0.25) is 0 Å². The standard InChI is InChI=1S/C26H26FN3O5/c27-17-11-28-18-2-4-21(31)30-13-26(32,22(17)23(18)30)12-25-7-5-24(6-8-25,14-35-25)29-10-16-1-3-19-20(9-16)34-15-33-19/h1-4,9,11,29,32H,5-8,10,12-15H2/t24?,25?,26-/m0/s1. The van der Waals surface area contributed by atoms with Gasteiger partial charge in [0.05, 0.1) is 36.0 Å². The van der Waals surface area contributed by atoms with Gasteiger partial charge < -0.3 is 29.2 Å². The lowest BCUT2D eigenvalue weighted by Gasteiger charge is -2.55. The van der Waals surface area contributed by atoms with Crippen molar-refractivity contribution in [2.45, 2.75) is 61.9 Å². The molecule has 5 aliphatic rings. The van der Waals surface area contributed by atoms with E-state index >= 15 is 0 Å². The molecule has 182 valence electrons. The molecule has 1 saturated carbocycles. The fourth-order valence-electron chi connectivity index (χ4n) is 6.42. The lowest BCUT2D eigenvalue weighted by molar-refractivity contribution is -0.192. The molecule has 0 unspecified atom stereocenters. The lowest BCUT2D eigenvalue weighted by atomic mass is 9.67. The number of aliphatic hydroxyl groups is 1. The van der Waals surface area contributed by atoms with Crippen LogP contribution >= 0.6 is 0 Å². The van der Waals surface area contributed by atoms with E-state index in [-0.39, 0.29) is 36.4 Å². The van der Waals surface area contributed by atoms with Crippen molar-refractivity contribution in [1.29, 1.82) is 0 Å². The van der Waals surface area contributed by atoms with Crippen LogP contribution in [0.25, 0.3) is 11.0 Å². The van der Waals surface area contributed by atoms with E-state index in [1.807, 2.05) is 18.2 Å². The monoisotopic (exact) mass is 479 g/mol. The van der Waals surface area contributed by atoms with Gasteiger partial charge in [0.1, 0.15) is 11.4 Å². The van der Waals surface area contributed by atoms with Crippen LogP contribution in [-0.4, -0.2) is 39.2 Å². The zero-order valence-electron chi connectivity index (χ0n) is 19.2. The summed E-state index contributed by atoms with van der Waals surface area (Å²) in [6, 6.07) is 8.97. The molecule has 2 saturated heterocycles. The highest BCUT2D eigenvalue weighted by atomic mass is 19.1. The first-order valence-corrected chi connectivity index (χ1v) is 12.1. The van der Waals surface area contributed by atoms with E-state index in [0.29, 0.717) is 24.2 Å². The molecule has 2 N–H and O–H groups in total. The van der Waals surface area contributed by atoms with E-state index in [4.69, 9.17) is 14.2 Å². The maximum Gasteiger partial charge on any atom is 0.251 e. The van der Waals surface area contributed by atoms with E-state index in [2.05, 4.69) is 10.3 Å². The number of nitrogens with zero attached hydrogens (tertiary/aromatic N) is 2. The number of nitrogens with one attached hydrogen (secondary N) is 1. The molecule has 3 aromatic rings. The minimum atomic E-state index is -1.52. The molecule has 0 amide bonds. The number of pyridine rings is 2. The molecule has 8 nitrogen and oxygen atoms in total. The second kappa shape index (κ2) is 7.25. The van der Waals surface area contributed by atoms with Gasteiger partial charge in [0, 0.05) is 30.1 Å². The number of ether oxygens (including phenoxy) is 3. The van der Waals surface area contributed by atoms with Gasteiger partial charge in [-0.3, -0.25) is 9.78 Å². The highest BCUT2D eigenvalue weighted by Gasteiger charge is 2.55. The third kappa shape index (κ3) is 3.22. The molecule has 9 heteroatoms. The summed E-state index contributed by atoms with van der Waals surface area (Å²) >= 11 is 0. The average molecular weight is 480 g/mol. The topological polar surface area (TPSA) is 94.8 Å². The summed E-state index contributed by atoms with van der Waals surface area (Å²) in [4.78, 5) is 16.6. The van der Waals surface area contributed by atoms with Crippen molar-refractivity contribution in [1.82, 2.24) is 14.9 Å². The summed E-state index contributed by atoms with van der Waals surface area (Å²) in [5, 5.41) is 15.4. The average Bonchev–Trinajstić information content (AvgIpc) is 3.46. The SMILES string of the molecule is O=c1ccc2ncc(F)c3c2n1C[C@@]3(O)CC12CCC(NCc3ccc4c(c3)OCO4)(CC1)CO2. The molecule has 6 heterocycles. The second-order valence-electron chi connectivity index (χ2n) is 10.5. The number of hydrogen-bond acceptors (Lipinski definition) is 7. The lowest BCUT2D eigenvalue weighted by Crippen LogP contribution is -2.62. The summed E-state index contributed by atoms with van der Waals surface area (Å²) in [5.74, 6) is 0.957. The van der Waals surface area contributed by atoms with E-state index < -0.39 is 17.0 Å². The number of aromatic nitrogens is 2. The van der Waals surface area contributed by atoms with Gasteiger partial charge in [-0.1, -0.05) is 6.07 Å². The fraction of sp³-hybridized carbons (Fsp3) is 0.462. The van der Waals surface area contributed by atoms with Crippen molar-refractivity contribution >= 4 is 11.0 Å². The maximum atomic E-state index is 15.0. The van der Waals surface area contributed by atoms with Gasteiger partial charge in [-0.2, -0.15) is 0 Å². The van der Waals surface area contributed by atoms with Crippen LogP contribution in [0.1, 0.15) is 43.2 Å². The van der Waals surface area contributed by atoms with Crippen LogP contribution in [-0.2, 0) is 23.4 Å². The Bertz CT molecular complexity index is 1400. The van der Waals surface area contributed by atoms with Gasteiger partial charge >= 0.3 is 0 Å². The molecule has 1 atom stereocenters. The zero-order valence-corrected chi connectivity index (χ0v) is 19.2. The second-order valence-corrected chi connectivity index (χ2v) is 10.5. The Hall–Kier alpha value is -3.01. The molecule has 35 heavy (non-hydrogen) atoms. The van der Waals surface area contributed by atoms with Crippen LogP contribution in [0, 0.1) is 5.82 Å². The minimum absolute atomic E-state index is 0.0136. The van der Waals surface area contributed by atoms with Crippen molar-refractivity contribution in [2.24, 2.45) is 0 Å². The Kier molecular flexibility index (Phi) is 4.41. The van der Waals surface area contributed by atoms with E-state index in [1.54, 1.807) is 6.07 Å². The van der Waals surface area contributed by atoms with Gasteiger partial charge in [0.15, 0.2) is 11.5 Å². The predicted molar refractivity (Wildman–Crippen MR) is 124 cm³/mol. The van der Waals surface area contributed by atoms with Crippen molar-refractivity contribution in [3.63, 3.8) is 0 Å². The molecule has 0 radical (unpaired) electrons. The van der Waals surface area contributed by atoms with Crippen molar-refractivity contribution in [3.8, 4) is 11.5 Å². The van der Waals surface area contributed by atoms with Crippen LogP contribution in [0.15, 0.2) is 41.3 Å². The molecule has 1 aliphatic carbocycles. The number of rotatable bonds is 5.